The molecule has 2 heterocycles. The van der Waals surface area contributed by atoms with Gasteiger partial charge in [-0.25, -0.2) is 14.1 Å². The Morgan fingerprint density at radius 1 is 0.833 bits per heavy atom. The Hall–Kier alpha value is -3.17. The monoisotopic (exact) mass is 413 g/mol. The molecule has 0 radical (unpaired) electrons. The number of halogens is 1. The van der Waals surface area contributed by atoms with Crippen LogP contribution in [0.25, 0.3) is 21.7 Å². The fourth-order valence-corrected chi connectivity index (χ4v) is 4.10. The van der Waals surface area contributed by atoms with Gasteiger partial charge in [-0.1, -0.05) is 67.6 Å². The molecule has 5 aromatic rings. The van der Waals surface area contributed by atoms with Crippen LogP contribution in [0.15, 0.2) is 91.3 Å². The van der Waals surface area contributed by atoms with Crippen LogP contribution in [-0.4, -0.2) is 9.55 Å². The predicted octanol–water partition coefficient (Wildman–Crippen LogP) is 2.14. The summed E-state index contributed by atoms with van der Waals surface area (Å²) in [5.41, 5.74) is 3.47. The summed E-state index contributed by atoms with van der Waals surface area (Å²) >= 11 is 0. The third-order valence-electron chi connectivity index (χ3n) is 5.56. The second kappa shape index (κ2) is 8.68. The first kappa shape index (κ1) is 20.1. The molecule has 0 aliphatic carbocycles. The zero-order chi connectivity index (χ0) is 19.6. The highest BCUT2D eigenvalue weighted by Gasteiger charge is 2.16. The molecule has 0 saturated carbocycles. The molecule has 3 aromatic carbocycles. The summed E-state index contributed by atoms with van der Waals surface area (Å²) in [5, 5.41) is 3.77. The van der Waals surface area contributed by atoms with Gasteiger partial charge in [0.2, 0.25) is 0 Å². The fourth-order valence-electron chi connectivity index (χ4n) is 4.10. The Morgan fingerprint density at radius 3 is 2.40 bits per heavy atom. The van der Waals surface area contributed by atoms with E-state index in [0.29, 0.717) is 0 Å². The number of fused-ring (bicyclic) bond motifs is 2. The number of benzene rings is 3. The molecular weight excluding hydrogens is 390 g/mol. The maximum absolute atomic E-state index is 4.84. The second-order valence-electron chi connectivity index (χ2n) is 7.50. The molecule has 2 aromatic heterocycles. The quantitative estimate of drug-likeness (QED) is 0.404. The van der Waals surface area contributed by atoms with Gasteiger partial charge in [0.05, 0.1) is 11.2 Å². The van der Waals surface area contributed by atoms with Crippen molar-refractivity contribution in [2.45, 2.75) is 26.4 Å². The van der Waals surface area contributed by atoms with E-state index in [1.54, 1.807) is 0 Å². The minimum atomic E-state index is 0. The van der Waals surface area contributed by atoms with Crippen molar-refractivity contribution < 1.29 is 17.0 Å². The smallest absolute Gasteiger partial charge is 0.256 e. The van der Waals surface area contributed by atoms with Crippen molar-refractivity contribution >= 4 is 21.7 Å². The molecule has 0 N–H and O–H groups in total. The van der Waals surface area contributed by atoms with Gasteiger partial charge in [-0.2, -0.15) is 0 Å². The fraction of sp³-hybridized carbons (Fsp3) is 0.154. The van der Waals surface area contributed by atoms with Crippen molar-refractivity contribution in [3.05, 3.63) is 108 Å². The topological polar surface area (TPSA) is 21.7 Å². The molecule has 0 fully saturated rings. The van der Waals surface area contributed by atoms with Gasteiger partial charge >= 0.3 is 0 Å². The summed E-state index contributed by atoms with van der Waals surface area (Å²) in [4.78, 5) is 4.84. The lowest BCUT2D eigenvalue weighted by Gasteiger charge is -2.06. The van der Waals surface area contributed by atoms with Gasteiger partial charge in [-0.05, 0) is 34.5 Å². The Bertz CT molecular complexity index is 1210. The predicted molar refractivity (Wildman–Crippen MR) is 118 cm³/mol. The molecule has 3 nitrogen and oxygen atoms in total. The number of aromatic nitrogens is 3. The molecule has 4 heteroatoms. The normalized spacial score (nSPS) is 11.0. The van der Waals surface area contributed by atoms with Crippen LogP contribution in [0.4, 0.5) is 0 Å². The van der Waals surface area contributed by atoms with Crippen LogP contribution >= 0.6 is 0 Å². The van der Waals surface area contributed by atoms with Crippen LogP contribution in [0.1, 0.15) is 24.0 Å². The molecule has 5 rings (SSSR count). The van der Waals surface area contributed by atoms with E-state index < -0.39 is 0 Å². The van der Waals surface area contributed by atoms with Crippen molar-refractivity contribution in [2.75, 3.05) is 0 Å². The molecule has 0 saturated heterocycles. The van der Waals surface area contributed by atoms with Crippen LogP contribution in [0, 0.1) is 0 Å². The first-order chi connectivity index (χ1) is 14.3. The Morgan fingerprint density at radius 2 is 1.57 bits per heavy atom. The average Bonchev–Trinajstić information content (AvgIpc) is 3.14. The number of pyridine rings is 1. The largest absolute Gasteiger partial charge is 1.00 e. The first-order valence-electron chi connectivity index (χ1n) is 10.2. The van der Waals surface area contributed by atoms with E-state index in [0.717, 1.165) is 30.7 Å². The molecule has 0 aliphatic rings. The SMILES string of the molecule is CCc1n(Cc2ccc3ccccc3n2)cc[n+]1Cc1ccc2ccccc2c1.[Cl-]. The van der Waals surface area contributed by atoms with Crippen LogP contribution in [-0.2, 0) is 19.5 Å². The number of para-hydroxylation sites is 1. The van der Waals surface area contributed by atoms with Crippen molar-refractivity contribution in [1.29, 1.82) is 0 Å². The van der Waals surface area contributed by atoms with E-state index in [-0.39, 0.29) is 12.4 Å². The summed E-state index contributed by atoms with van der Waals surface area (Å²) in [6.45, 7) is 3.89. The lowest BCUT2D eigenvalue weighted by Crippen LogP contribution is -3.00. The lowest BCUT2D eigenvalue weighted by atomic mass is 10.1. The van der Waals surface area contributed by atoms with Crippen LogP contribution in [0.2, 0.25) is 0 Å². The molecule has 30 heavy (non-hydrogen) atoms. The highest BCUT2D eigenvalue weighted by Crippen LogP contribution is 2.16. The summed E-state index contributed by atoms with van der Waals surface area (Å²) in [6.07, 6.45) is 5.35. The van der Waals surface area contributed by atoms with E-state index in [4.69, 9.17) is 4.98 Å². The molecule has 0 unspecified atom stereocenters. The van der Waals surface area contributed by atoms with Gasteiger partial charge in [0, 0.05) is 11.8 Å². The maximum Gasteiger partial charge on any atom is 0.256 e. The molecule has 0 spiro atoms. The molecule has 0 aliphatic heterocycles. The number of hydrogen-bond acceptors (Lipinski definition) is 1. The van der Waals surface area contributed by atoms with Crippen LogP contribution < -0.4 is 17.0 Å². The van der Waals surface area contributed by atoms with Gasteiger partial charge < -0.3 is 12.4 Å². The summed E-state index contributed by atoms with van der Waals surface area (Å²) in [5.74, 6) is 1.31. The zero-order valence-electron chi connectivity index (χ0n) is 17.0. The van der Waals surface area contributed by atoms with Gasteiger partial charge in [0.1, 0.15) is 25.5 Å². The highest BCUT2D eigenvalue weighted by atomic mass is 35.5. The molecular formula is C26H24ClN3. The van der Waals surface area contributed by atoms with Gasteiger partial charge in [0.25, 0.3) is 5.82 Å². The van der Waals surface area contributed by atoms with E-state index in [1.165, 1.54) is 27.5 Å². The first-order valence-corrected chi connectivity index (χ1v) is 10.2. The van der Waals surface area contributed by atoms with E-state index in [9.17, 15) is 0 Å². The number of imidazole rings is 1. The van der Waals surface area contributed by atoms with Gasteiger partial charge in [0.15, 0.2) is 0 Å². The highest BCUT2D eigenvalue weighted by molar-refractivity contribution is 5.83. The van der Waals surface area contributed by atoms with Crippen molar-refractivity contribution in [1.82, 2.24) is 9.55 Å². The molecule has 0 amide bonds. The zero-order valence-corrected chi connectivity index (χ0v) is 17.8. The number of rotatable bonds is 5. The Labute approximate surface area is 183 Å². The third kappa shape index (κ3) is 3.94. The number of nitrogens with zero attached hydrogens (tertiary/aromatic N) is 3. The van der Waals surface area contributed by atoms with Crippen molar-refractivity contribution in [2.24, 2.45) is 0 Å². The minimum absolute atomic E-state index is 0. The van der Waals surface area contributed by atoms with Crippen molar-refractivity contribution in [3.63, 3.8) is 0 Å². The average molecular weight is 414 g/mol. The third-order valence-corrected chi connectivity index (χ3v) is 5.56. The Balaban J connectivity index is 0.00000218. The number of hydrogen-bond donors (Lipinski definition) is 0. The maximum atomic E-state index is 4.84. The summed E-state index contributed by atoms with van der Waals surface area (Å²) in [7, 11) is 0. The second-order valence-corrected chi connectivity index (χ2v) is 7.50. The van der Waals surface area contributed by atoms with Gasteiger partial charge in [-0.3, -0.25) is 0 Å². The van der Waals surface area contributed by atoms with Crippen molar-refractivity contribution in [3.8, 4) is 0 Å². The van der Waals surface area contributed by atoms with E-state index in [2.05, 4.69) is 101 Å². The van der Waals surface area contributed by atoms with Crippen LogP contribution in [0.3, 0.4) is 0 Å². The van der Waals surface area contributed by atoms with Crippen LogP contribution in [0.5, 0.6) is 0 Å². The van der Waals surface area contributed by atoms with E-state index in [1.807, 2.05) is 6.07 Å². The van der Waals surface area contributed by atoms with E-state index >= 15 is 0 Å². The summed E-state index contributed by atoms with van der Waals surface area (Å²) < 4.78 is 4.67. The molecule has 150 valence electrons. The molecule has 0 atom stereocenters. The van der Waals surface area contributed by atoms with Gasteiger partial charge in [-0.15, -0.1) is 0 Å². The Kier molecular flexibility index (Phi) is 5.82. The lowest BCUT2D eigenvalue weighted by molar-refractivity contribution is -0.695. The minimum Gasteiger partial charge on any atom is -1.00 e. The summed E-state index contributed by atoms with van der Waals surface area (Å²) in [6, 6.07) is 27.9. The standard InChI is InChI=1S/C26H24N3.ClH/c1-2-26-28(18-20-11-12-21-7-3-4-9-23(21)17-20)15-16-29(26)19-24-14-13-22-8-5-6-10-25(22)27-24;/h3-17H,2,18-19H2,1H3;1H/q+1;/p-1. The molecule has 0 bridgehead atoms.